The second-order valence-corrected chi connectivity index (χ2v) is 3.67. The molecule has 0 aliphatic heterocycles. The second kappa shape index (κ2) is 4.07. The van der Waals surface area contributed by atoms with Gasteiger partial charge in [-0.3, -0.25) is 4.79 Å². The summed E-state index contributed by atoms with van der Waals surface area (Å²) in [6.45, 7) is 1.55. The van der Waals surface area contributed by atoms with Crippen molar-refractivity contribution in [2.45, 2.75) is 12.3 Å². The van der Waals surface area contributed by atoms with Gasteiger partial charge in [0, 0.05) is 5.56 Å². The van der Waals surface area contributed by atoms with E-state index >= 15 is 0 Å². The van der Waals surface area contributed by atoms with Crippen LogP contribution < -0.4 is 0 Å². The molecule has 70 valence electrons. The van der Waals surface area contributed by atoms with Gasteiger partial charge in [0.1, 0.15) is 5.82 Å². The van der Waals surface area contributed by atoms with Crippen molar-refractivity contribution in [2.24, 2.45) is 0 Å². The van der Waals surface area contributed by atoms with E-state index in [9.17, 15) is 9.18 Å². The Bertz CT molecular complexity index is 336. The van der Waals surface area contributed by atoms with Crippen LogP contribution >= 0.6 is 23.2 Å². The molecule has 0 saturated carbocycles. The Morgan fingerprint density at radius 3 is 2.62 bits per heavy atom. The van der Waals surface area contributed by atoms with Gasteiger partial charge in [0.05, 0.1) is 10.4 Å². The van der Waals surface area contributed by atoms with Gasteiger partial charge in [0.25, 0.3) is 0 Å². The van der Waals surface area contributed by atoms with E-state index < -0.39 is 11.2 Å². The molecule has 0 fully saturated rings. The van der Waals surface area contributed by atoms with Crippen LogP contribution in [0, 0.1) is 5.82 Å². The maximum absolute atomic E-state index is 12.6. The van der Waals surface area contributed by atoms with Crippen molar-refractivity contribution in [3.05, 3.63) is 34.6 Å². The third-order valence-corrected chi connectivity index (χ3v) is 2.07. The fourth-order valence-corrected chi connectivity index (χ4v) is 1.28. The molecule has 0 aliphatic carbocycles. The third-order valence-electron chi connectivity index (χ3n) is 1.56. The first kappa shape index (κ1) is 10.5. The van der Waals surface area contributed by atoms with Gasteiger partial charge in [0.2, 0.25) is 0 Å². The third kappa shape index (κ3) is 2.42. The Morgan fingerprint density at radius 2 is 2.15 bits per heavy atom. The molecule has 0 bridgehead atoms. The van der Waals surface area contributed by atoms with Crippen LogP contribution in [-0.4, -0.2) is 11.2 Å². The summed E-state index contributed by atoms with van der Waals surface area (Å²) in [4.78, 5) is 11.3. The zero-order valence-electron chi connectivity index (χ0n) is 6.85. The van der Waals surface area contributed by atoms with Crippen LogP contribution in [0.2, 0.25) is 5.02 Å². The number of rotatable bonds is 2. The average Bonchev–Trinajstić information content (AvgIpc) is 2.03. The van der Waals surface area contributed by atoms with Crippen molar-refractivity contribution in [1.29, 1.82) is 0 Å². The molecule has 0 saturated heterocycles. The minimum atomic E-state index is -0.650. The number of hydrogen-bond donors (Lipinski definition) is 0. The van der Waals surface area contributed by atoms with Crippen LogP contribution in [0.15, 0.2) is 18.2 Å². The molecule has 1 unspecified atom stereocenters. The first-order chi connectivity index (χ1) is 6.02. The van der Waals surface area contributed by atoms with Gasteiger partial charge in [-0.15, -0.1) is 11.6 Å². The number of Topliss-reactive ketones (excluding diaryl/α,β-unsaturated/α-hetero) is 1. The Hall–Kier alpha value is -0.600. The Labute approximate surface area is 85.5 Å². The summed E-state index contributed by atoms with van der Waals surface area (Å²) in [5, 5.41) is -0.555. The number of carbonyl (C=O) groups excluding carboxylic acids is 1. The summed E-state index contributed by atoms with van der Waals surface area (Å²) < 4.78 is 12.6. The van der Waals surface area contributed by atoms with E-state index in [1.165, 1.54) is 12.1 Å². The minimum absolute atomic E-state index is 0.0949. The summed E-state index contributed by atoms with van der Waals surface area (Å²) in [6, 6.07) is 3.60. The van der Waals surface area contributed by atoms with Gasteiger partial charge in [-0.2, -0.15) is 0 Å². The zero-order chi connectivity index (χ0) is 10.0. The molecule has 1 rings (SSSR count). The van der Waals surface area contributed by atoms with Crippen LogP contribution in [0.1, 0.15) is 17.3 Å². The lowest BCUT2D eigenvalue weighted by Crippen LogP contribution is -2.11. The normalized spacial score (nSPS) is 12.6. The summed E-state index contributed by atoms with van der Waals surface area (Å²) in [7, 11) is 0. The molecule has 0 N–H and O–H groups in total. The van der Waals surface area contributed by atoms with E-state index in [2.05, 4.69) is 0 Å². The molecular formula is C9H7Cl2FO. The lowest BCUT2D eigenvalue weighted by atomic mass is 10.1. The highest BCUT2D eigenvalue weighted by molar-refractivity contribution is 6.38. The van der Waals surface area contributed by atoms with Crippen LogP contribution in [0.25, 0.3) is 0 Å². The highest BCUT2D eigenvalue weighted by Crippen LogP contribution is 2.20. The molecule has 0 spiro atoms. The van der Waals surface area contributed by atoms with E-state index in [4.69, 9.17) is 23.2 Å². The maximum Gasteiger partial charge on any atom is 0.181 e. The monoisotopic (exact) mass is 220 g/mol. The molecule has 0 aromatic heterocycles. The first-order valence-corrected chi connectivity index (χ1v) is 4.47. The lowest BCUT2D eigenvalue weighted by Gasteiger charge is -2.04. The number of halogens is 3. The molecule has 0 aliphatic rings. The maximum atomic E-state index is 12.6. The minimum Gasteiger partial charge on any atom is -0.292 e. The van der Waals surface area contributed by atoms with Gasteiger partial charge in [-0.1, -0.05) is 11.6 Å². The van der Waals surface area contributed by atoms with E-state index in [-0.39, 0.29) is 16.4 Å². The van der Waals surface area contributed by atoms with Crippen LogP contribution in [0.3, 0.4) is 0 Å². The van der Waals surface area contributed by atoms with Crippen LogP contribution in [0.4, 0.5) is 4.39 Å². The summed E-state index contributed by atoms with van der Waals surface area (Å²) in [5.41, 5.74) is 0.255. The van der Waals surface area contributed by atoms with E-state index in [1.54, 1.807) is 6.92 Å². The molecule has 4 heteroatoms. The van der Waals surface area contributed by atoms with Gasteiger partial charge in [-0.05, 0) is 25.1 Å². The average molecular weight is 221 g/mol. The van der Waals surface area contributed by atoms with E-state index in [0.29, 0.717) is 0 Å². The fourth-order valence-electron chi connectivity index (χ4n) is 0.904. The fraction of sp³-hybridized carbons (Fsp3) is 0.222. The predicted molar refractivity (Wildman–Crippen MR) is 51.1 cm³/mol. The van der Waals surface area contributed by atoms with Crippen molar-refractivity contribution in [3.63, 3.8) is 0 Å². The Morgan fingerprint density at radius 1 is 1.54 bits per heavy atom. The van der Waals surface area contributed by atoms with Gasteiger partial charge in [0.15, 0.2) is 5.78 Å². The van der Waals surface area contributed by atoms with E-state index in [0.717, 1.165) is 6.07 Å². The van der Waals surface area contributed by atoms with Crippen molar-refractivity contribution in [3.8, 4) is 0 Å². The smallest absolute Gasteiger partial charge is 0.181 e. The molecular weight excluding hydrogens is 214 g/mol. The molecule has 1 aromatic carbocycles. The molecule has 1 nitrogen and oxygen atoms in total. The number of alkyl halides is 1. The molecule has 1 aromatic rings. The lowest BCUT2D eigenvalue weighted by molar-refractivity contribution is 0.0992. The van der Waals surface area contributed by atoms with Crippen molar-refractivity contribution in [2.75, 3.05) is 0 Å². The Kier molecular flexibility index (Phi) is 3.28. The number of benzene rings is 1. The van der Waals surface area contributed by atoms with Gasteiger partial charge >= 0.3 is 0 Å². The molecule has 13 heavy (non-hydrogen) atoms. The number of ketones is 1. The van der Waals surface area contributed by atoms with Crippen LogP contribution in [0.5, 0.6) is 0 Å². The quantitative estimate of drug-likeness (QED) is 0.553. The largest absolute Gasteiger partial charge is 0.292 e. The zero-order valence-corrected chi connectivity index (χ0v) is 8.36. The van der Waals surface area contributed by atoms with E-state index in [1.807, 2.05) is 0 Å². The second-order valence-electron chi connectivity index (χ2n) is 2.60. The standard InChI is InChI=1S/C9H7Cl2FO/c1-5(10)9(13)7-3-2-6(12)4-8(7)11/h2-5H,1H3. The summed E-state index contributed by atoms with van der Waals surface area (Å²) in [6.07, 6.45) is 0. The predicted octanol–water partition coefficient (Wildman–Crippen LogP) is 3.29. The molecule has 0 heterocycles. The summed E-state index contributed by atoms with van der Waals surface area (Å²) >= 11 is 11.2. The molecule has 0 radical (unpaired) electrons. The topological polar surface area (TPSA) is 17.1 Å². The SMILES string of the molecule is CC(Cl)C(=O)c1ccc(F)cc1Cl. The summed E-state index contributed by atoms with van der Waals surface area (Å²) in [5.74, 6) is -0.768. The van der Waals surface area contributed by atoms with Gasteiger partial charge in [-0.25, -0.2) is 4.39 Å². The first-order valence-electron chi connectivity index (χ1n) is 3.65. The van der Waals surface area contributed by atoms with Crippen LogP contribution in [-0.2, 0) is 0 Å². The molecule has 0 amide bonds. The van der Waals surface area contributed by atoms with Crippen molar-refractivity contribution in [1.82, 2.24) is 0 Å². The highest BCUT2D eigenvalue weighted by atomic mass is 35.5. The number of hydrogen-bond acceptors (Lipinski definition) is 1. The molecule has 1 atom stereocenters. The Balaban J connectivity index is 3.09. The van der Waals surface area contributed by atoms with Crippen molar-refractivity contribution >= 4 is 29.0 Å². The van der Waals surface area contributed by atoms with Gasteiger partial charge < -0.3 is 0 Å². The highest BCUT2D eigenvalue weighted by Gasteiger charge is 2.15. The number of carbonyl (C=O) groups is 1. The van der Waals surface area contributed by atoms with Crippen molar-refractivity contribution < 1.29 is 9.18 Å².